The molecule has 9 nitrogen and oxygen atoms in total. The molecule has 3 amide bonds. The van der Waals surface area contributed by atoms with Gasteiger partial charge in [0.2, 0.25) is 0 Å². The summed E-state index contributed by atoms with van der Waals surface area (Å²) in [7, 11) is 0. The predicted molar refractivity (Wildman–Crippen MR) is 118 cm³/mol. The van der Waals surface area contributed by atoms with Crippen molar-refractivity contribution in [2.75, 3.05) is 31.2 Å². The van der Waals surface area contributed by atoms with E-state index in [2.05, 4.69) is 28.4 Å². The molecule has 0 aliphatic carbocycles. The van der Waals surface area contributed by atoms with E-state index in [-0.39, 0.29) is 12.4 Å². The van der Waals surface area contributed by atoms with Gasteiger partial charge < -0.3 is 15.0 Å². The number of nitrogens with one attached hydrogen (secondary N) is 1. The van der Waals surface area contributed by atoms with Gasteiger partial charge in [-0.3, -0.25) is 4.79 Å². The molecule has 1 saturated heterocycles. The zero-order valence-electron chi connectivity index (χ0n) is 17.0. The highest BCUT2D eigenvalue weighted by molar-refractivity contribution is 7.79. The molecule has 0 saturated carbocycles. The largest absolute Gasteiger partial charge is 0.378 e. The summed E-state index contributed by atoms with van der Waals surface area (Å²) >= 11 is 3.98. The van der Waals surface area contributed by atoms with Crippen LogP contribution in [-0.2, 0) is 11.3 Å². The van der Waals surface area contributed by atoms with Crippen LogP contribution in [0, 0.1) is 5.82 Å². The summed E-state index contributed by atoms with van der Waals surface area (Å²) in [5.74, 6) is -0.911. The van der Waals surface area contributed by atoms with Crippen molar-refractivity contribution in [3.63, 3.8) is 0 Å². The minimum atomic E-state index is -0.697. The van der Waals surface area contributed by atoms with Gasteiger partial charge in [-0.1, -0.05) is 36.2 Å². The summed E-state index contributed by atoms with van der Waals surface area (Å²) in [6, 6.07) is 12.5. The van der Waals surface area contributed by atoms with Crippen molar-refractivity contribution in [2.45, 2.75) is 6.54 Å². The number of urea groups is 1. The molecule has 3 aromatic rings. The van der Waals surface area contributed by atoms with Crippen molar-refractivity contribution >= 4 is 30.4 Å². The van der Waals surface area contributed by atoms with E-state index >= 15 is 0 Å². The Bertz CT molecular complexity index is 1100. The lowest BCUT2D eigenvalue weighted by atomic mass is 10.2. The maximum Gasteiger partial charge on any atom is 0.334 e. The number of anilines is 1. The first-order valence-corrected chi connectivity index (χ1v) is 10.3. The zero-order chi connectivity index (χ0) is 22.5. The Morgan fingerprint density at radius 1 is 1.16 bits per heavy atom. The number of nitrogens with zero attached hydrogens (tertiary/aromatic N) is 5. The monoisotopic (exact) mass is 456 g/mol. The van der Waals surface area contributed by atoms with E-state index in [0.29, 0.717) is 53.2 Å². The van der Waals surface area contributed by atoms with Gasteiger partial charge in [0.15, 0.2) is 0 Å². The van der Waals surface area contributed by atoms with Gasteiger partial charge in [-0.05, 0) is 24.3 Å². The molecule has 0 radical (unpaired) electrons. The fourth-order valence-corrected chi connectivity index (χ4v) is 3.43. The Morgan fingerprint density at radius 2 is 1.91 bits per heavy atom. The summed E-state index contributed by atoms with van der Waals surface area (Å²) in [5.41, 5.74) is 1.79. The van der Waals surface area contributed by atoms with E-state index in [1.807, 2.05) is 4.90 Å². The smallest absolute Gasteiger partial charge is 0.334 e. The molecule has 1 N–H and O–H groups in total. The number of hydrogen-bond donors (Lipinski definition) is 2. The Labute approximate surface area is 189 Å². The van der Waals surface area contributed by atoms with Crippen molar-refractivity contribution in [3.05, 3.63) is 71.8 Å². The third kappa shape index (κ3) is 4.89. The van der Waals surface area contributed by atoms with Crippen LogP contribution in [0.5, 0.6) is 0 Å². The number of carbonyl (C=O) groups is 2. The van der Waals surface area contributed by atoms with Gasteiger partial charge in [-0.2, -0.15) is 0 Å². The van der Waals surface area contributed by atoms with Crippen molar-refractivity contribution in [2.24, 2.45) is 0 Å². The van der Waals surface area contributed by atoms with E-state index in [1.54, 1.807) is 48.7 Å². The summed E-state index contributed by atoms with van der Waals surface area (Å²) in [6.07, 6.45) is 1.57. The van der Waals surface area contributed by atoms with Crippen LogP contribution in [0.3, 0.4) is 0 Å². The van der Waals surface area contributed by atoms with E-state index in [0.717, 1.165) is 0 Å². The number of imide groups is 1. The SMILES string of the molecule is O=C(NCc1cn(-c2ccc(N3CCOCC3)c(F)c2)nn1)N(S)C(=O)c1ccccc1. The van der Waals surface area contributed by atoms with E-state index < -0.39 is 11.9 Å². The molecule has 1 aliphatic heterocycles. The number of ether oxygens (including phenoxy) is 1. The average molecular weight is 457 g/mol. The van der Waals surface area contributed by atoms with Crippen LogP contribution in [0.15, 0.2) is 54.7 Å². The second-order valence-corrected chi connectivity index (χ2v) is 7.43. The lowest BCUT2D eigenvalue weighted by molar-refractivity contribution is 0.0895. The van der Waals surface area contributed by atoms with Crippen LogP contribution >= 0.6 is 12.8 Å². The molecule has 1 aromatic heterocycles. The standard InChI is InChI=1S/C21H21FN6O3S/c22-18-12-17(6-7-19(18)26-8-10-31-11-9-26)27-14-16(24-25-27)13-23-21(30)28(32)20(29)15-4-2-1-3-5-15/h1-7,12,14,32H,8-11,13H2,(H,23,30). The zero-order valence-corrected chi connectivity index (χ0v) is 17.9. The molecule has 1 aliphatic rings. The van der Waals surface area contributed by atoms with Crippen molar-refractivity contribution in [3.8, 4) is 5.69 Å². The molecule has 1 fully saturated rings. The first-order chi connectivity index (χ1) is 15.5. The number of carbonyl (C=O) groups excluding carboxylic acids is 2. The Morgan fingerprint density at radius 3 is 2.62 bits per heavy atom. The van der Waals surface area contributed by atoms with Gasteiger partial charge in [0.1, 0.15) is 11.5 Å². The highest BCUT2D eigenvalue weighted by atomic mass is 32.1. The average Bonchev–Trinajstić information content (AvgIpc) is 3.32. The third-order valence-electron chi connectivity index (χ3n) is 4.91. The normalized spacial score (nSPS) is 13.6. The predicted octanol–water partition coefficient (Wildman–Crippen LogP) is 2.44. The summed E-state index contributed by atoms with van der Waals surface area (Å²) in [6.45, 7) is 2.43. The Kier molecular flexibility index (Phi) is 6.66. The number of thiol groups is 1. The van der Waals surface area contributed by atoms with Crippen molar-refractivity contribution < 1.29 is 18.7 Å². The lowest BCUT2D eigenvalue weighted by Gasteiger charge is -2.29. The molecule has 4 rings (SSSR count). The molecule has 0 spiro atoms. The van der Waals surface area contributed by atoms with E-state index in [4.69, 9.17) is 4.74 Å². The van der Waals surface area contributed by atoms with Crippen LogP contribution in [-0.4, -0.2) is 57.5 Å². The molecule has 0 unspecified atom stereocenters. The fourth-order valence-electron chi connectivity index (χ4n) is 3.24. The van der Waals surface area contributed by atoms with E-state index in [1.165, 1.54) is 10.7 Å². The Hall–Kier alpha value is -3.44. The first kappa shape index (κ1) is 21.8. The second kappa shape index (κ2) is 9.79. The minimum absolute atomic E-state index is 0.0201. The summed E-state index contributed by atoms with van der Waals surface area (Å²) < 4.78 is 22.1. The summed E-state index contributed by atoms with van der Waals surface area (Å²) in [4.78, 5) is 26.4. The molecule has 0 bridgehead atoms. The number of rotatable bonds is 5. The van der Waals surface area contributed by atoms with Crippen molar-refractivity contribution in [1.82, 2.24) is 24.6 Å². The number of halogens is 1. The first-order valence-electron chi connectivity index (χ1n) is 9.93. The van der Waals surface area contributed by atoms with Gasteiger partial charge in [0, 0.05) is 24.7 Å². The lowest BCUT2D eigenvalue weighted by Crippen LogP contribution is -2.37. The quantitative estimate of drug-likeness (QED) is 0.573. The number of benzene rings is 2. The van der Waals surface area contributed by atoms with Gasteiger partial charge in [0.25, 0.3) is 5.91 Å². The molecule has 2 aromatic carbocycles. The van der Waals surface area contributed by atoms with Gasteiger partial charge in [0.05, 0.1) is 37.3 Å². The van der Waals surface area contributed by atoms with Crippen molar-refractivity contribution in [1.29, 1.82) is 0 Å². The number of morpholine rings is 1. The molecule has 32 heavy (non-hydrogen) atoms. The maximum atomic E-state index is 14.6. The highest BCUT2D eigenvalue weighted by Crippen LogP contribution is 2.23. The van der Waals surface area contributed by atoms with Crippen LogP contribution in [0.25, 0.3) is 5.69 Å². The van der Waals surface area contributed by atoms with Crippen LogP contribution in [0.4, 0.5) is 14.9 Å². The topological polar surface area (TPSA) is 92.6 Å². The molecule has 11 heteroatoms. The van der Waals surface area contributed by atoms with Gasteiger partial charge in [-0.15, -0.1) is 5.10 Å². The number of aromatic nitrogens is 3. The molecule has 166 valence electrons. The second-order valence-electron chi connectivity index (χ2n) is 7.03. The number of hydrogen-bond acceptors (Lipinski definition) is 7. The van der Waals surface area contributed by atoms with Gasteiger partial charge >= 0.3 is 6.03 Å². The third-order valence-corrected chi connectivity index (χ3v) is 5.28. The van der Waals surface area contributed by atoms with Crippen LogP contribution in [0.1, 0.15) is 16.1 Å². The molecule has 2 heterocycles. The van der Waals surface area contributed by atoms with Crippen LogP contribution < -0.4 is 10.2 Å². The van der Waals surface area contributed by atoms with Crippen LogP contribution in [0.2, 0.25) is 0 Å². The fraction of sp³-hybridized carbons (Fsp3) is 0.238. The minimum Gasteiger partial charge on any atom is -0.378 e. The molecule has 0 atom stereocenters. The van der Waals surface area contributed by atoms with E-state index in [9.17, 15) is 14.0 Å². The Balaban J connectivity index is 1.37. The molecular formula is C21H21FN6O3S. The summed E-state index contributed by atoms with van der Waals surface area (Å²) in [5, 5.41) is 10.5. The number of amides is 3. The maximum absolute atomic E-state index is 14.6. The highest BCUT2D eigenvalue weighted by Gasteiger charge is 2.20. The molecular weight excluding hydrogens is 435 g/mol. The van der Waals surface area contributed by atoms with Gasteiger partial charge in [-0.25, -0.2) is 18.2 Å².